The van der Waals surface area contributed by atoms with E-state index in [1.807, 2.05) is 6.92 Å². The van der Waals surface area contributed by atoms with Crippen LogP contribution in [-0.2, 0) is 19.6 Å². The summed E-state index contributed by atoms with van der Waals surface area (Å²) in [6.45, 7) is 1.85. The fourth-order valence-electron chi connectivity index (χ4n) is 2.46. The highest BCUT2D eigenvalue weighted by Crippen LogP contribution is 2.22. The van der Waals surface area contributed by atoms with Gasteiger partial charge < -0.3 is 0 Å². The Morgan fingerprint density at radius 2 is 1.57 bits per heavy atom. The van der Waals surface area contributed by atoms with Gasteiger partial charge in [-0.1, -0.05) is 48.1 Å². The summed E-state index contributed by atoms with van der Waals surface area (Å²) in [7, 11) is -3.76. The molecule has 0 aliphatic heterocycles. The van der Waals surface area contributed by atoms with Crippen LogP contribution >= 0.6 is 0 Å². The first-order valence-corrected chi connectivity index (χ1v) is 10.2. The molecule has 0 aliphatic rings. The number of hydrogen-bond acceptors (Lipinski definition) is 6. The van der Waals surface area contributed by atoms with Crippen molar-refractivity contribution in [1.82, 2.24) is 11.0 Å². The molecule has 9 nitrogen and oxygen atoms in total. The molecule has 0 saturated carbocycles. The van der Waals surface area contributed by atoms with Gasteiger partial charge in [-0.25, -0.2) is 19.4 Å². The lowest BCUT2D eigenvalue weighted by Crippen LogP contribution is -2.25. The molecule has 0 aliphatic carbocycles. The van der Waals surface area contributed by atoms with Crippen LogP contribution in [0.1, 0.15) is 17.0 Å². The lowest BCUT2D eigenvalue weighted by atomic mass is 9.97. The van der Waals surface area contributed by atoms with Crippen LogP contribution in [0, 0.1) is 6.92 Å². The normalized spacial score (nSPS) is 12.6. The van der Waals surface area contributed by atoms with Crippen molar-refractivity contribution in [3.05, 3.63) is 84.0 Å². The third kappa shape index (κ3) is 6.27. The van der Waals surface area contributed by atoms with Crippen molar-refractivity contribution in [1.29, 1.82) is 0 Å². The van der Waals surface area contributed by atoms with Gasteiger partial charge in [0.15, 0.2) is 0 Å². The van der Waals surface area contributed by atoms with Crippen molar-refractivity contribution < 1.29 is 28.4 Å². The summed E-state index contributed by atoms with van der Waals surface area (Å²) in [4.78, 5) is 23.0. The SMILES string of the molecule is Cc1ccc(S(=O)(=O)Nc2ccc(C(/C=C/C=C/C(=O)NO)C(=O)NO)cc2)cc1. The number of amides is 2. The van der Waals surface area contributed by atoms with Crippen LogP contribution in [0.3, 0.4) is 0 Å². The Bertz CT molecular complexity index is 1040. The van der Waals surface area contributed by atoms with Crippen LogP contribution in [0.2, 0.25) is 0 Å². The largest absolute Gasteiger partial charge is 0.289 e. The van der Waals surface area contributed by atoms with E-state index < -0.39 is 27.8 Å². The lowest BCUT2D eigenvalue weighted by molar-refractivity contribution is -0.129. The highest BCUT2D eigenvalue weighted by atomic mass is 32.2. The third-order valence-corrected chi connectivity index (χ3v) is 5.42. The number of nitrogens with one attached hydrogen (secondary N) is 3. The van der Waals surface area contributed by atoms with Crippen LogP contribution in [0.25, 0.3) is 0 Å². The number of benzene rings is 2. The van der Waals surface area contributed by atoms with Crippen molar-refractivity contribution in [2.75, 3.05) is 4.72 Å². The van der Waals surface area contributed by atoms with E-state index in [4.69, 9.17) is 10.4 Å². The molecule has 5 N–H and O–H groups in total. The minimum atomic E-state index is -3.76. The molecule has 2 aromatic rings. The maximum atomic E-state index is 12.5. The molecule has 0 bridgehead atoms. The molecule has 0 spiro atoms. The summed E-state index contributed by atoms with van der Waals surface area (Å²) in [5.41, 5.74) is 4.68. The molecule has 2 aromatic carbocycles. The number of anilines is 1. The summed E-state index contributed by atoms with van der Waals surface area (Å²) >= 11 is 0. The number of aryl methyl sites for hydroxylation is 1. The van der Waals surface area contributed by atoms with Gasteiger partial charge in [0.1, 0.15) is 0 Å². The van der Waals surface area contributed by atoms with E-state index in [1.54, 1.807) is 17.6 Å². The molecule has 1 unspecified atom stereocenters. The number of sulfonamides is 1. The molecule has 2 amide bonds. The number of carbonyl (C=O) groups excluding carboxylic acids is 2. The standard InChI is InChI=1S/C20H21N3O6S/c1-14-6-12-17(13-7-14)30(28,29)23-16-10-8-15(9-11-16)18(20(25)22-27)4-2-3-5-19(24)21-26/h2-13,18,23,26-27H,1H3,(H,21,24)(H,22,25)/b4-2+,5-3+. The minimum absolute atomic E-state index is 0.122. The van der Waals surface area contributed by atoms with E-state index in [2.05, 4.69) is 4.72 Å². The maximum absolute atomic E-state index is 12.5. The van der Waals surface area contributed by atoms with Crippen molar-refractivity contribution >= 4 is 27.5 Å². The molecule has 0 radical (unpaired) electrons. The van der Waals surface area contributed by atoms with Gasteiger partial charge in [0, 0.05) is 11.8 Å². The van der Waals surface area contributed by atoms with Gasteiger partial charge >= 0.3 is 0 Å². The van der Waals surface area contributed by atoms with Gasteiger partial charge in [0.25, 0.3) is 21.8 Å². The van der Waals surface area contributed by atoms with Gasteiger partial charge in [0.2, 0.25) is 0 Å². The predicted molar refractivity (Wildman–Crippen MR) is 109 cm³/mol. The Labute approximate surface area is 173 Å². The zero-order valence-corrected chi connectivity index (χ0v) is 16.8. The molecule has 0 aromatic heterocycles. The van der Waals surface area contributed by atoms with Crippen LogP contribution in [0.5, 0.6) is 0 Å². The molecule has 0 saturated heterocycles. The average molecular weight is 431 g/mol. The first kappa shape index (κ1) is 22.8. The van der Waals surface area contributed by atoms with Crippen molar-refractivity contribution in [3.63, 3.8) is 0 Å². The summed E-state index contributed by atoms with van der Waals surface area (Å²) in [5, 5.41) is 17.4. The molecule has 158 valence electrons. The van der Waals surface area contributed by atoms with Crippen LogP contribution < -0.4 is 15.7 Å². The summed E-state index contributed by atoms with van der Waals surface area (Å²) in [6.07, 6.45) is 5.14. The smallest absolute Gasteiger partial charge is 0.267 e. The Kier molecular flexibility index (Phi) is 7.87. The topological polar surface area (TPSA) is 145 Å². The number of hydrogen-bond donors (Lipinski definition) is 5. The van der Waals surface area contributed by atoms with Gasteiger partial charge in [0.05, 0.1) is 10.8 Å². The summed E-state index contributed by atoms with van der Waals surface area (Å²) in [5.74, 6) is -2.37. The van der Waals surface area contributed by atoms with Gasteiger partial charge in [-0.2, -0.15) is 0 Å². The predicted octanol–water partition coefficient (Wildman–Crippen LogP) is 2.00. The summed E-state index contributed by atoms with van der Waals surface area (Å²) < 4.78 is 27.4. The monoisotopic (exact) mass is 431 g/mol. The molecular weight excluding hydrogens is 410 g/mol. The number of allylic oxidation sites excluding steroid dienone is 2. The van der Waals surface area contributed by atoms with Gasteiger partial charge in [-0.05, 0) is 36.8 Å². The maximum Gasteiger partial charge on any atom is 0.267 e. The molecule has 1 atom stereocenters. The molecular formula is C20H21N3O6S. The van der Waals surface area contributed by atoms with Crippen LogP contribution in [-0.4, -0.2) is 30.6 Å². The molecule has 2 rings (SSSR count). The van der Waals surface area contributed by atoms with E-state index >= 15 is 0 Å². The second kappa shape index (κ2) is 10.3. The van der Waals surface area contributed by atoms with Crippen LogP contribution in [0.15, 0.2) is 77.7 Å². The Hall–Kier alpha value is -3.47. The quantitative estimate of drug-likeness (QED) is 0.187. The molecule has 30 heavy (non-hydrogen) atoms. The van der Waals surface area contributed by atoms with E-state index in [-0.39, 0.29) is 4.90 Å². The number of carbonyl (C=O) groups is 2. The van der Waals surface area contributed by atoms with E-state index in [9.17, 15) is 18.0 Å². The second-order valence-corrected chi connectivity index (χ2v) is 7.90. The minimum Gasteiger partial charge on any atom is -0.289 e. The highest BCUT2D eigenvalue weighted by Gasteiger charge is 2.18. The van der Waals surface area contributed by atoms with E-state index in [0.717, 1.165) is 11.6 Å². The number of hydroxylamine groups is 2. The van der Waals surface area contributed by atoms with Gasteiger partial charge in [-0.15, -0.1) is 0 Å². The summed E-state index contributed by atoms with van der Waals surface area (Å²) in [6, 6.07) is 12.4. The Morgan fingerprint density at radius 1 is 0.933 bits per heavy atom. The lowest BCUT2D eigenvalue weighted by Gasteiger charge is -2.13. The zero-order valence-electron chi connectivity index (χ0n) is 15.9. The highest BCUT2D eigenvalue weighted by molar-refractivity contribution is 7.92. The molecule has 10 heteroatoms. The molecule has 0 fully saturated rings. The average Bonchev–Trinajstić information content (AvgIpc) is 2.74. The van der Waals surface area contributed by atoms with Crippen molar-refractivity contribution in [2.45, 2.75) is 17.7 Å². The Morgan fingerprint density at radius 3 is 2.13 bits per heavy atom. The van der Waals surface area contributed by atoms with E-state index in [1.165, 1.54) is 60.1 Å². The van der Waals surface area contributed by atoms with Crippen molar-refractivity contribution in [2.24, 2.45) is 0 Å². The number of rotatable bonds is 8. The first-order chi connectivity index (χ1) is 14.3. The Balaban J connectivity index is 2.19. The zero-order chi connectivity index (χ0) is 22.1. The fourth-order valence-corrected chi connectivity index (χ4v) is 3.52. The van der Waals surface area contributed by atoms with Crippen molar-refractivity contribution in [3.8, 4) is 0 Å². The fraction of sp³-hybridized carbons (Fsp3) is 0.100. The van der Waals surface area contributed by atoms with Crippen LogP contribution in [0.4, 0.5) is 5.69 Å². The first-order valence-electron chi connectivity index (χ1n) is 8.69. The van der Waals surface area contributed by atoms with E-state index in [0.29, 0.717) is 11.3 Å². The second-order valence-electron chi connectivity index (χ2n) is 6.21. The third-order valence-electron chi connectivity index (χ3n) is 4.02. The van der Waals surface area contributed by atoms with Gasteiger partial charge in [-0.3, -0.25) is 24.7 Å². The molecule has 0 heterocycles.